The monoisotopic (exact) mass is 276 g/mol. The maximum Gasteiger partial charge on any atom is 0.149 e. The molecular formula is C16H28N4. The van der Waals surface area contributed by atoms with E-state index in [1.54, 1.807) is 0 Å². The molecule has 1 N–H and O–H groups in total. The molecule has 4 heteroatoms. The van der Waals surface area contributed by atoms with Crippen LogP contribution in [-0.2, 0) is 13.0 Å². The molecule has 0 bridgehead atoms. The number of aromatic nitrogens is 3. The number of fused-ring (bicyclic) bond motifs is 1. The van der Waals surface area contributed by atoms with E-state index in [2.05, 4.69) is 33.9 Å². The Labute approximate surface area is 122 Å². The molecule has 20 heavy (non-hydrogen) atoms. The maximum absolute atomic E-state index is 4.48. The number of aryl methyl sites for hydroxylation is 1. The minimum atomic E-state index is 0.325. The lowest BCUT2D eigenvalue weighted by Gasteiger charge is -2.24. The largest absolute Gasteiger partial charge is 0.314 e. The van der Waals surface area contributed by atoms with Crippen LogP contribution in [0.1, 0.15) is 76.5 Å². The second kappa shape index (κ2) is 6.25. The van der Waals surface area contributed by atoms with E-state index < -0.39 is 0 Å². The van der Waals surface area contributed by atoms with Crippen molar-refractivity contribution in [2.75, 3.05) is 0 Å². The van der Waals surface area contributed by atoms with Gasteiger partial charge in [0.25, 0.3) is 0 Å². The maximum atomic E-state index is 4.48. The van der Waals surface area contributed by atoms with E-state index in [1.807, 2.05) is 0 Å². The van der Waals surface area contributed by atoms with Gasteiger partial charge in [0.1, 0.15) is 11.6 Å². The van der Waals surface area contributed by atoms with Gasteiger partial charge in [-0.05, 0) is 38.5 Å². The predicted octanol–water partition coefficient (Wildman–Crippen LogP) is 3.23. The first-order valence-electron chi connectivity index (χ1n) is 8.47. The van der Waals surface area contributed by atoms with Crippen molar-refractivity contribution in [3.05, 3.63) is 11.6 Å². The van der Waals surface area contributed by atoms with E-state index in [4.69, 9.17) is 0 Å². The van der Waals surface area contributed by atoms with Gasteiger partial charge in [-0.3, -0.25) is 0 Å². The predicted molar refractivity (Wildman–Crippen MR) is 80.5 cm³/mol. The minimum Gasteiger partial charge on any atom is -0.314 e. The van der Waals surface area contributed by atoms with Crippen molar-refractivity contribution in [1.82, 2.24) is 20.1 Å². The topological polar surface area (TPSA) is 42.7 Å². The fraction of sp³-hybridized carbons (Fsp3) is 0.875. The quantitative estimate of drug-likeness (QED) is 0.918. The first-order valence-corrected chi connectivity index (χ1v) is 8.47. The van der Waals surface area contributed by atoms with Gasteiger partial charge in [-0.25, -0.2) is 0 Å². The Morgan fingerprint density at radius 1 is 1.20 bits per heavy atom. The van der Waals surface area contributed by atoms with Gasteiger partial charge in [-0.2, -0.15) is 0 Å². The molecule has 0 saturated heterocycles. The number of hydrogen-bond acceptors (Lipinski definition) is 3. The van der Waals surface area contributed by atoms with Crippen molar-refractivity contribution < 1.29 is 0 Å². The van der Waals surface area contributed by atoms with Crippen LogP contribution in [0.5, 0.6) is 0 Å². The third kappa shape index (κ3) is 2.76. The van der Waals surface area contributed by atoms with Crippen LogP contribution < -0.4 is 5.32 Å². The van der Waals surface area contributed by atoms with Crippen molar-refractivity contribution in [1.29, 1.82) is 0 Å². The average molecular weight is 276 g/mol. The highest BCUT2D eigenvalue weighted by atomic mass is 15.3. The van der Waals surface area contributed by atoms with Crippen LogP contribution in [0.2, 0.25) is 0 Å². The highest BCUT2D eigenvalue weighted by Crippen LogP contribution is 2.30. The lowest BCUT2D eigenvalue weighted by atomic mass is 10.00. The van der Waals surface area contributed by atoms with Gasteiger partial charge in [0.15, 0.2) is 0 Å². The van der Waals surface area contributed by atoms with Crippen LogP contribution >= 0.6 is 0 Å². The van der Waals surface area contributed by atoms with Gasteiger partial charge in [0.05, 0.1) is 6.04 Å². The highest BCUT2D eigenvalue weighted by Gasteiger charge is 2.28. The molecule has 1 fully saturated rings. The summed E-state index contributed by atoms with van der Waals surface area (Å²) in [4.78, 5) is 0. The van der Waals surface area contributed by atoms with E-state index in [-0.39, 0.29) is 0 Å². The SMILES string of the molecule is CCC1CCCC1NC(C)c1nnc2n1CCCCC2. The summed E-state index contributed by atoms with van der Waals surface area (Å²) < 4.78 is 2.38. The number of hydrogen-bond donors (Lipinski definition) is 1. The Balaban J connectivity index is 1.71. The molecular weight excluding hydrogens is 248 g/mol. The standard InChI is InChI=1S/C16H28N4/c1-3-13-8-7-9-14(13)17-12(2)16-19-18-15-10-5-4-6-11-20(15)16/h12-14,17H,3-11H2,1-2H3. The third-order valence-corrected chi connectivity index (χ3v) is 5.17. The molecule has 3 rings (SSSR count). The Bertz CT molecular complexity index is 440. The van der Waals surface area contributed by atoms with Crippen LogP contribution in [-0.4, -0.2) is 20.8 Å². The van der Waals surface area contributed by atoms with Gasteiger partial charge < -0.3 is 9.88 Å². The zero-order valence-electron chi connectivity index (χ0n) is 12.9. The van der Waals surface area contributed by atoms with E-state index in [9.17, 15) is 0 Å². The Kier molecular flexibility index (Phi) is 4.39. The number of nitrogens with zero attached hydrogens (tertiary/aromatic N) is 3. The summed E-state index contributed by atoms with van der Waals surface area (Å²) in [5, 5.41) is 12.7. The smallest absolute Gasteiger partial charge is 0.149 e. The van der Waals surface area contributed by atoms with Gasteiger partial charge in [-0.1, -0.05) is 26.2 Å². The number of rotatable bonds is 4. The van der Waals surface area contributed by atoms with Crippen LogP contribution in [0.3, 0.4) is 0 Å². The summed E-state index contributed by atoms with van der Waals surface area (Å²) in [5.74, 6) is 3.21. The van der Waals surface area contributed by atoms with Crippen molar-refractivity contribution in [3.8, 4) is 0 Å². The molecule has 3 unspecified atom stereocenters. The van der Waals surface area contributed by atoms with Gasteiger partial charge in [-0.15, -0.1) is 10.2 Å². The normalized spacial score (nSPS) is 28.1. The van der Waals surface area contributed by atoms with E-state index in [0.717, 1.165) is 24.7 Å². The first-order chi connectivity index (χ1) is 9.79. The lowest BCUT2D eigenvalue weighted by molar-refractivity contribution is 0.348. The molecule has 0 amide bonds. The fourth-order valence-electron chi connectivity index (χ4n) is 3.97. The van der Waals surface area contributed by atoms with Crippen molar-refractivity contribution in [2.45, 2.75) is 83.8 Å². The van der Waals surface area contributed by atoms with E-state index >= 15 is 0 Å². The fourth-order valence-corrected chi connectivity index (χ4v) is 3.97. The second-order valence-electron chi connectivity index (χ2n) is 6.53. The summed E-state index contributed by atoms with van der Waals surface area (Å²) in [5.41, 5.74) is 0. The molecule has 0 radical (unpaired) electrons. The molecule has 1 aliphatic carbocycles. The van der Waals surface area contributed by atoms with Gasteiger partial charge in [0, 0.05) is 19.0 Å². The zero-order chi connectivity index (χ0) is 13.9. The minimum absolute atomic E-state index is 0.325. The third-order valence-electron chi connectivity index (χ3n) is 5.17. The van der Waals surface area contributed by atoms with Gasteiger partial charge in [0.2, 0.25) is 0 Å². The molecule has 0 aromatic carbocycles. The summed E-state index contributed by atoms with van der Waals surface area (Å²) in [7, 11) is 0. The van der Waals surface area contributed by atoms with Crippen molar-refractivity contribution >= 4 is 0 Å². The molecule has 112 valence electrons. The van der Waals surface area contributed by atoms with E-state index in [0.29, 0.717) is 12.1 Å². The molecule has 1 saturated carbocycles. The molecule has 1 aromatic rings. The second-order valence-corrected chi connectivity index (χ2v) is 6.53. The van der Waals surface area contributed by atoms with Gasteiger partial charge >= 0.3 is 0 Å². The summed E-state index contributed by atoms with van der Waals surface area (Å²) in [6, 6.07) is 1.00. The summed E-state index contributed by atoms with van der Waals surface area (Å²) in [6.07, 6.45) is 10.3. The zero-order valence-corrected chi connectivity index (χ0v) is 12.9. The molecule has 0 spiro atoms. The average Bonchev–Trinajstić information content (AvgIpc) is 2.99. The van der Waals surface area contributed by atoms with Crippen LogP contribution in [0.15, 0.2) is 0 Å². The summed E-state index contributed by atoms with van der Waals surface area (Å²) >= 11 is 0. The lowest BCUT2D eigenvalue weighted by Crippen LogP contribution is -2.35. The molecule has 2 aliphatic rings. The molecule has 1 aromatic heterocycles. The Morgan fingerprint density at radius 2 is 2.10 bits per heavy atom. The number of nitrogens with one attached hydrogen (secondary N) is 1. The Morgan fingerprint density at radius 3 is 2.95 bits per heavy atom. The van der Waals surface area contributed by atoms with Crippen LogP contribution in [0.4, 0.5) is 0 Å². The highest BCUT2D eigenvalue weighted by molar-refractivity contribution is 5.03. The van der Waals surface area contributed by atoms with Crippen molar-refractivity contribution in [3.63, 3.8) is 0 Å². The molecule has 1 aliphatic heterocycles. The molecule has 3 atom stereocenters. The van der Waals surface area contributed by atoms with Crippen LogP contribution in [0.25, 0.3) is 0 Å². The summed E-state index contributed by atoms with van der Waals surface area (Å²) in [6.45, 7) is 5.68. The molecule has 2 heterocycles. The van der Waals surface area contributed by atoms with E-state index in [1.165, 1.54) is 50.8 Å². The van der Waals surface area contributed by atoms with Crippen LogP contribution in [0, 0.1) is 5.92 Å². The first kappa shape index (κ1) is 14.1. The van der Waals surface area contributed by atoms with Crippen molar-refractivity contribution in [2.24, 2.45) is 5.92 Å². The Hall–Kier alpha value is -0.900. The molecule has 4 nitrogen and oxygen atoms in total.